The maximum absolute atomic E-state index is 9.51. The van der Waals surface area contributed by atoms with Crippen molar-refractivity contribution >= 4 is 0 Å². The van der Waals surface area contributed by atoms with Crippen LogP contribution >= 0.6 is 0 Å². The van der Waals surface area contributed by atoms with Gasteiger partial charge in [0.15, 0.2) is 5.76 Å². The molecule has 1 fully saturated rings. The number of aromatic nitrogens is 1. The summed E-state index contributed by atoms with van der Waals surface area (Å²) < 4.78 is 10.9. The van der Waals surface area contributed by atoms with Gasteiger partial charge in [-0.1, -0.05) is 0 Å². The van der Waals surface area contributed by atoms with Gasteiger partial charge in [-0.25, -0.2) is 4.98 Å². The lowest BCUT2D eigenvalue weighted by Gasteiger charge is -2.11. The molecule has 5 heteroatoms. The van der Waals surface area contributed by atoms with Crippen LogP contribution in [-0.2, 0) is 6.54 Å². The van der Waals surface area contributed by atoms with Crippen molar-refractivity contribution in [3.8, 4) is 17.1 Å². The summed E-state index contributed by atoms with van der Waals surface area (Å²) in [5, 5.41) is 9.51. The first-order valence-corrected chi connectivity index (χ1v) is 6.74. The number of nitrogens with zero attached hydrogens (tertiary/aromatic N) is 2. The highest BCUT2D eigenvalue weighted by Crippen LogP contribution is 2.24. The molecule has 1 N–H and O–H groups in total. The fourth-order valence-corrected chi connectivity index (χ4v) is 2.42. The molecule has 0 amide bonds. The molecule has 1 aromatic heterocycles. The van der Waals surface area contributed by atoms with Gasteiger partial charge < -0.3 is 14.3 Å². The lowest BCUT2D eigenvalue weighted by atomic mass is 10.2. The zero-order valence-corrected chi connectivity index (χ0v) is 11.5. The van der Waals surface area contributed by atoms with Gasteiger partial charge in [0.25, 0.3) is 0 Å². The number of methoxy groups -OCH3 is 1. The molecular formula is C15H18N2O3. The van der Waals surface area contributed by atoms with Crippen LogP contribution in [0.3, 0.4) is 0 Å². The summed E-state index contributed by atoms with van der Waals surface area (Å²) >= 11 is 0. The largest absolute Gasteiger partial charge is 0.497 e. The number of β-amino-alcohol motifs (C(OH)–C–C–N with tert-alkyl or cyclic N) is 1. The molecule has 0 aliphatic carbocycles. The second kappa shape index (κ2) is 5.64. The normalized spacial score (nSPS) is 19.4. The third-order valence-electron chi connectivity index (χ3n) is 3.53. The Balaban J connectivity index is 1.69. The van der Waals surface area contributed by atoms with Crippen LogP contribution in [0.4, 0.5) is 0 Å². The fraction of sp³-hybridized carbons (Fsp3) is 0.400. The highest BCUT2D eigenvalue weighted by molar-refractivity contribution is 5.57. The van der Waals surface area contributed by atoms with E-state index in [4.69, 9.17) is 9.15 Å². The van der Waals surface area contributed by atoms with E-state index in [1.165, 1.54) is 0 Å². The first-order chi connectivity index (χ1) is 9.74. The Morgan fingerprint density at radius 1 is 1.40 bits per heavy atom. The monoisotopic (exact) mass is 274 g/mol. The van der Waals surface area contributed by atoms with Crippen LogP contribution in [0, 0.1) is 0 Å². The van der Waals surface area contributed by atoms with E-state index >= 15 is 0 Å². The number of benzene rings is 1. The van der Waals surface area contributed by atoms with Crippen molar-refractivity contribution in [3.05, 3.63) is 36.4 Å². The average Bonchev–Trinajstić information content (AvgIpc) is 3.09. The van der Waals surface area contributed by atoms with Crippen LogP contribution in [0.2, 0.25) is 0 Å². The zero-order valence-electron chi connectivity index (χ0n) is 11.5. The smallest absolute Gasteiger partial charge is 0.209 e. The summed E-state index contributed by atoms with van der Waals surface area (Å²) in [5.74, 6) is 2.26. The van der Waals surface area contributed by atoms with E-state index in [0.29, 0.717) is 19.0 Å². The van der Waals surface area contributed by atoms with Gasteiger partial charge in [0.1, 0.15) is 5.75 Å². The highest BCUT2D eigenvalue weighted by atomic mass is 16.5. The average molecular weight is 274 g/mol. The molecule has 1 aromatic carbocycles. The predicted molar refractivity (Wildman–Crippen MR) is 74.4 cm³/mol. The van der Waals surface area contributed by atoms with E-state index in [-0.39, 0.29) is 6.10 Å². The van der Waals surface area contributed by atoms with Gasteiger partial charge >= 0.3 is 0 Å². The lowest BCUT2D eigenvalue weighted by Crippen LogP contribution is -2.21. The van der Waals surface area contributed by atoms with Gasteiger partial charge in [-0.05, 0) is 30.7 Å². The van der Waals surface area contributed by atoms with Crippen LogP contribution in [-0.4, -0.2) is 41.3 Å². The number of ether oxygens (including phenoxy) is 1. The molecule has 3 rings (SSSR count). The molecule has 0 unspecified atom stereocenters. The lowest BCUT2D eigenvalue weighted by molar-refractivity contribution is 0.171. The minimum absolute atomic E-state index is 0.217. The Bertz CT molecular complexity index is 565. The van der Waals surface area contributed by atoms with Crippen LogP contribution in [0.25, 0.3) is 11.3 Å². The minimum Gasteiger partial charge on any atom is -0.497 e. The molecule has 1 saturated heterocycles. The highest BCUT2D eigenvalue weighted by Gasteiger charge is 2.21. The van der Waals surface area contributed by atoms with E-state index in [9.17, 15) is 5.11 Å². The molecule has 1 atom stereocenters. The predicted octanol–water partition coefficient (Wildman–Crippen LogP) is 1.92. The van der Waals surface area contributed by atoms with Gasteiger partial charge in [-0.15, -0.1) is 0 Å². The molecule has 1 aliphatic heterocycles. The van der Waals surface area contributed by atoms with Gasteiger partial charge in [-0.2, -0.15) is 0 Å². The standard InChI is InChI=1S/C15H18N2O3/c1-19-13-4-2-11(3-5-13)14-8-16-15(20-14)10-17-7-6-12(18)9-17/h2-5,8,12,18H,6-7,9-10H2,1H3/t12-/m0/s1. The summed E-state index contributed by atoms with van der Waals surface area (Å²) in [6, 6.07) is 7.69. The molecule has 5 nitrogen and oxygen atoms in total. The second-order valence-corrected chi connectivity index (χ2v) is 5.02. The van der Waals surface area contributed by atoms with E-state index in [1.54, 1.807) is 13.3 Å². The molecule has 0 spiro atoms. The molecule has 0 radical (unpaired) electrons. The molecule has 2 aromatic rings. The summed E-state index contributed by atoms with van der Waals surface area (Å²) in [4.78, 5) is 6.45. The number of hydrogen-bond donors (Lipinski definition) is 1. The number of rotatable bonds is 4. The Hall–Kier alpha value is -1.85. The Labute approximate surface area is 117 Å². The number of aliphatic hydroxyl groups excluding tert-OH is 1. The SMILES string of the molecule is COc1ccc(-c2cnc(CN3CC[C@H](O)C3)o2)cc1. The van der Waals surface area contributed by atoms with E-state index in [2.05, 4.69) is 9.88 Å². The summed E-state index contributed by atoms with van der Waals surface area (Å²) in [5.41, 5.74) is 0.978. The van der Waals surface area contributed by atoms with Crippen molar-refractivity contribution in [1.29, 1.82) is 0 Å². The first kappa shape index (κ1) is 13.1. The third kappa shape index (κ3) is 2.84. The molecule has 1 aliphatic rings. The number of likely N-dealkylation sites (tertiary alicyclic amines) is 1. The van der Waals surface area contributed by atoms with Crippen molar-refractivity contribution in [2.45, 2.75) is 19.1 Å². The number of hydrogen-bond acceptors (Lipinski definition) is 5. The molecule has 20 heavy (non-hydrogen) atoms. The van der Waals surface area contributed by atoms with Crippen LogP contribution in [0.1, 0.15) is 12.3 Å². The third-order valence-corrected chi connectivity index (χ3v) is 3.53. The van der Waals surface area contributed by atoms with E-state index in [1.807, 2.05) is 24.3 Å². The maximum atomic E-state index is 9.51. The van der Waals surface area contributed by atoms with E-state index < -0.39 is 0 Å². The number of oxazole rings is 1. The van der Waals surface area contributed by atoms with Crippen molar-refractivity contribution in [2.24, 2.45) is 0 Å². The van der Waals surface area contributed by atoms with Crippen molar-refractivity contribution < 1.29 is 14.3 Å². The summed E-state index contributed by atoms with van der Waals surface area (Å²) in [6.07, 6.45) is 2.35. The summed E-state index contributed by atoms with van der Waals surface area (Å²) in [6.45, 7) is 2.23. The van der Waals surface area contributed by atoms with Gasteiger partial charge in [0, 0.05) is 18.7 Å². The Morgan fingerprint density at radius 2 is 2.20 bits per heavy atom. The van der Waals surface area contributed by atoms with E-state index in [0.717, 1.165) is 30.0 Å². The van der Waals surface area contributed by atoms with Crippen molar-refractivity contribution in [1.82, 2.24) is 9.88 Å². The van der Waals surface area contributed by atoms with Gasteiger partial charge in [0.2, 0.25) is 5.89 Å². The second-order valence-electron chi connectivity index (χ2n) is 5.02. The molecular weight excluding hydrogens is 256 g/mol. The van der Waals surface area contributed by atoms with Gasteiger partial charge in [-0.3, -0.25) is 4.90 Å². The van der Waals surface area contributed by atoms with Crippen molar-refractivity contribution in [2.75, 3.05) is 20.2 Å². The molecule has 106 valence electrons. The van der Waals surface area contributed by atoms with Crippen molar-refractivity contribution in [3.63, 3.8) is 0 Å². The zero-order chi connectivity index (χ0) is 13.9. The number of aliphatic hydroxyl groups is 1. The Kier molecular flexibility index (Phi) is 3.71. The van der Waals surface area contributed by atoms with Crippen LogP contribution in [0.15, 0.2) is 34.9 Å². The molecule has 0 bridgehead atoms. The van der Waals surface area contributed by atoms with Gasteiger partial charge in [0.05, 0.1) is 26.0 Å². The fourth-order valence-electron chi connectivity index (χ4n) is 2.42. The molecule has 0 saturated carbocycles. The maximum Gasteiger partial charge on any atom is 0.209 e. The molecule has 2 heterocycles. The topological polar surface area (TPSA) is 58.7 Å². The quantitative estimate of drug-likeness (QED) is 0.923. The van der Waals surface area contributed by atoms with Crippen LogP contribution < -0.4 is 4.74 Å². The van der Waals surface area contributed by atoms with Crippen LogP contribution in [0.5, 0.6) is 5.75 Å². The summed E-state index contributed by atoms with van der Waals surface area (Å²) in [7, 11) is 1.64. The Morgan fingerprint density at radius 3 is 2.85 bits per heavy atom. The minimum atomic E-state index is -0.217. The first-order valence-electron chi connectivity index (χ1n) is 6.74.